The molecule has 6 heavy (non-hydrogen) atoms. The van der Waals surface area contributed by atoms with Crippen molar-refractivity contribution in [3.05, 3.63) is 0 Å². The quantitative estimate of drug-likeness (QED) is 0.515. The molecule has 0 aromatic rings. The number of hydrogen-bond donors (Lipinski definition) is 1. The van der Waals surface area contributed by atoms with E-state index in [-0.39, 0.29) is 6.61 Å². The maximum atomic E-state index is 9.46. The molecule has 0 aliphatic heterocycles. The third-order valence-electron chi connectivity index (χ3n) is 0.188. The molecule has 3 nitrogen and oxygen atoms in total. The predicted molar refractivity (Wildman–Crippen MR) is 20.7 cm³/mol. The molecule has 0 aliphatic carbocycles. The zero-order chi connectivity index (χ0) is 4.99. The zero-order valence-electron chi connectivity index (χ0n) is 2.92. The molecule has 0 radical (unpaired) electrons. The molecule has 0 rings (SSSR count). The van der Waals surface area contributed by atoms with Gasteiger partial charge in [0.15, 0.2) is 0 Å². The van der Waals surface area contributed by atoms with E-state index in [0.29, 0.717) is 0 Å². The Bertz CT molecular complexity index is 52.8. The number of carbonyl (C=O) groups is 1. The maximum absolute atomic E-state index is 9.46. The number of hydrogen-bond acceptors (Lipinski definition) is 2. The molecule has 0 heterocycles. The topological polar surface area (TPSA) is 46.5 Å². The fourth-order valence-corrected chi connectivity index (χ4v) is 0.287. The average molecular weight is 155 g/mol. The SMILES string of the molecule is O=C(O)CO[SeH]. The van der Waals surface area contributed by atoms with Gasteiger partial charge in [-0.15, -0.1) is 0 Å². The second-order valence-corrected chi connectivity index (χ2v) is 1.21. The van der Waals surface area contributed by atoms with Crippen LogP contribution < -0.4 is 0 Å². The fraction of sp³-hybridized carbons (Fsp3) is 0.500. The van der Waals surface area contributed by atoms with Crippen molar-refractivity contribution in [3.63, 3.8) is 0 Å². The Morgan fingerprint density at radius 2 is 2.50 bits per heavy atom. The van der Waals surface area contributed by atoms with Gasteiger partial charge in [0.25, 0.3) is 0 Å². The van der Waals surface area contributed by atoms with Gasteiger partial charge >= 0.3 is 42.6 Å². The number of rotatable bonds is 2. The van der Waals surface area contributed by atoms with Gasteiger partial charge in [-0.2, -0.15) is 0 Å². The molecule has 0 saturated heterocycles. The van der Waals surface area contributed by atoms with Crippen LogP contribution in [0, 0.1) is 0 Å². The Kier molecular flexibility index (Phi) is 3.12. The Hall–Kier alpha value is -0.0505. The first kappa shape index (κ1) is 5.95. The standard InChI is InChI=1S/C2H4O3Se/c3-2(4)1-5-6/h6H,1H2,(H,3,4). The first-order valence-electron chi connectivity index (χ1n) is 1.25. The van der Waals surface area contributed by atoms with Crippen LogP contribution >= 0.6 is 0 Å². The average Bonchev–Trinajstić information content (AvgIpc) is 1.35. The van der Waals surface area contributed by atoms with E-state index in [2.05, 4.69) is 3.82 Å². The third kappa shape index (κ3) is 3.95. The van der Waals surface area contributed by atoms with E-state index in [1.807, 2.05) is 0 Å². The van der Waals surface area contributed by atoms with Crippen LogP contribution in [-0.4, -0.2) is 34.0 Å². The summed E-state index contributed by atoms with van der Waals surface area (Å²) in [6.07, 6.45) is 0. The van der Waals surface area contributed by atoms with Gasteiger partial charge in [-0.3, -0.25) is 0 Å². The summed E-state index contributed by atoms with van der Waals surface area (Å²) < 4.78 is 4.14. The summed E-state index contributed by atoms with van der Waals surface area (Å²) in [5.41, 5.74) is 0. The number of carboxylic acids is 1. The minimum atomic E-state index is -0.948. The summed E-state index contributed by atoms with van der Waals surface area (Å²) in [6.45, 7) is -0.236. The van der Waals surface area contributed by atoms with Crippen LogP contribution in [0.1, 0.15) is 0 Å². The minimum absolute atomic E-state index is 0.236. The van der Waals surface area contributed by atoms with Crippen molar-refractivity contribution in [3.8, 4) is 0 Å². The summed E-state index contributed by atoms with van der Waals surface area (Å²) in [4.78, 5) is 9.46. The Labute approximate surface area is 43.4 Å². The number of aliphatic carboxylic acids is 1. The van der Waals surface area contributed by atoms with Crippen molar-refractivity contribution < 1.29 is 13.7 Å². The van der Waals surface area contributed by atoms with Crippen molar-refractivity contribution in [2.24, 2.45) is 0 Å². The summed E-state index contributed by atoms with van der Waals surface area (Å²) in [6, 6.07) is 0. The van der Waals surface area contributed by atoms with Crippen molar-refractivity contribution in [1.29, 1.82) is 0 Å². The van der Waals surface area contributed by atoms with E-state index >= 15 is 0 Å². The molecular formula is C2H4O3Se. The van der Waals surface area contributed by atoms with Crippen molar-refractivity contribution in [2.75, 3.05) is 6.61 Å². The van der Waals surface area contributed by atoms with Crippen LogP contribution in [0.2, 0.25) is 0 Å². The monoisotopic (exact) mass is 156 g/mol. The predicted octanol–water partition coefficient (Wildman–Crippen LogP) is -1.10. The van der Waals surface area contributed by atoms with E-state index in [0.717, 1.165) is 0 Å². The number of carboxylic acid groups (broad SMARTS) is 1. The molecule has 0 aromatic carbocycles. The van der Waals surface area contributed by atoms with Crippen LogP contribution in [0.15, 0.2) is 0 Å². The molecule has 36 valence electrons. The molecule has 0 amide bonds. The molecular weight excluding hydrogens is 151 g/mol. The molecule has 4 heteroatoms. The van der Waals surface area contributed by atoms with E-state index in [1.54, 1.807) is 16.3 Å². The Morgan fingerprint density at radius 3 is 2.50 bits per heavy atom. The van der Waals surface area contributed by atoms with E-state index in [9.17, 15) is 4.79 Å². The summed E-state index contributed by atoms with van der Waals surface area (Å²) in [5, 5.41) is 7.78. The van der Waals surface area contributed by atoms with Gasteiger partial charge in [0, 0.05) is 0 Å². The summed E-state index contributed by atoms with van der Waals surface area (Å²) >= 11 is 1.72. The fourth-order valence-electron chi connectivity index (χ4n) is 0.0552. The van der Waals surface area contributed by atoms with Gasteiger partial charge in [-0.25, -0.2) is 0 Å². The normalized spacial score (nSPS) is 8.17. The van der Waals surface area contributed by atoms with Crippen molar-refractivity contribution >= 4 is 22.3 Å². The second-order valence-electron chi connectivity index (χ2n) is 0.667. The molecule has 0 aromatic heterocycles. The molecule has 0 saturated carbocycles. The van der Waals surface area contributed by atoms with E-state index in [1.165, 1.54) is 0 Å². The molecule has 0 atom stereocenters. The zero-order valence-corrected chi connectivity index (χ0v) is 4.79. The third-order valence-corrected chi connectivity index (χ3v) is 0.459. The molecule has 0 unspecified atom stereocenters. The molecule has 0 aliphatic rings. The van der Waals surface area contributed by atoms with Gasteiger partial charge in [0.05, 0.1) is 0 Å². The summed E-state index contributed by atoms with van der Waals surface area (Å²) in [5.74, 6) is -0.948. The van der Waals surface area contributed by atoms with Gasteiger partial charge in [0.2, 0.25) is 0 Å². The Balaban J connectivity index is 2.83. The second kappa shape index (κ2) is 3.15. The van der Waals surface area contributed by atoms with Crippen LogP contribution in [0.3, 0.4) is 0 Å². The molecule has 0 spiro atoms. The van der Waals surface area contributed by atoms with Gasteiger partial charge in [0.1, 0.15) is 0 Å². The van der Waals surface area contributed by atoms with Crippen molar-refractivity contribution in [2.45, 2.75) is 0 Å². The first-order chi connectivity index (χ1) is 2.77. The van der Waals surface area contributed by atoms with E-state index in [4.69, 9.17) is 5.11 Å². The molecule has 0 fully saturated rings. The van der Waals surface area contributed by atoms with Gasteiger partial charge in [-0.1, -0.05) is 0 Å². The van der Waals surface area contributed by atoms with Gasteiger partial charge in [-0.05, 0) is 0 Å². The van der Waals surface area contributed by atoms with Crippen LogP contribution in [0.4, 0.5) is 0 Å². The molecule has 0 bridgehead atoms. The van der Waals surface area contributed by atoms with Gasteiger partial charge < -0.3 is 0 Å². The molecule has 1 N–H and O–H groups in total. The van der Waals surface area contributed by atoms with Crippen LogP contribution in [0.25, 0.3) is 0 Å². The Morgan fingerprint density at radius 1 is 2.00 bits per heavy atom. The van der Waals surface area contributed by atoms with E-state index < -0.39 is 5.97 Å². The first-order valence-corrected chi connectivity index (χ1v) is 2.02. The van der Waals surface area contributed by atoms with Crippen LogP contribution in [-0.2, 0) is 8.61 Å². The van der Waals surface area contributed by atoms with Crippen molar-refractivity contribution in [1.82, 2.24) is 0 Å². The van der Waals surface area contributed by atoms with Crippen LogP contribution in [0.5, 0.6) is 0 Å². The summed E-state index contributed by atoms with van der Waals surface area (Å²) in [7, 11) is 0.